The maximum absolute atomic E-state index is 12.2. The summed E-state index contributed by atoms with van der Waals surface area (Å²) < 4.78 is 26.9. The Hall–Kier alpha value is -4.45. The average Bonchev–Trinajstić information content (AvgIpc) is 2.89. The Balaban J connectivity index is 1.88. The number of rotatable bonds is 4. The summed E-state index contributed by atoms with van der Waals surface area (Å²) in [5, 5.41) is 12.7. The summed E-state index contributed by atoms with van der Waals surface area (Å²) in [6.45, 7) is 3.76. The van der Waals surface area contributed by atoms with Crippen LogP contribution >= 0.6 is 0 Å². The van der Waals surface area contributed by atoms with E-state index in [1.54, 1.807) is 13.0 Å². The van der Waals surface area contributed by atoms with Crippen molar-refractivity contribution < 1.29 is 33.3 Å². The number of benzene rings is 2. The van der Waals surface area contributed by atoms with Crippen molar-refractivity contribution in [2.75, 3.05) is 14.2 Å². The molecule has 4 rings (SSSR count). The lowest BCUT2D eigenvalue weighted by atomic mass is 9.83. The average molecular weight is 491 g/mol. The van der Waals surface area contributed by atoms with E-state index >= 15 is 0 Å². The second-order valence-corrected chi connectivity index (χ2v) is 8.48. The summed E-state index contributed by atoms with van der Waals surface area (Å²) in [6.07, 6.45) is -1.49. The molecule has 2 aromatic carbocycles. The molecule has 186 valence electrons. The highest BCUT2D eigenvalue weighted by Gasteiger charge is 2.40. The largest absolute Gasteiger partial charge is 0.513 e. The number of methoxy groups -OCH3 is 2. The number of dihydropyridines is 1. The third-order valence-corrected chi connectivity index (χ3v) is 6.15. The minimum atomic E-state index is -1.02. The van der Waals surface area contributed by atoms with E-state index in [0.717, 1.165) is 24.7 Å². The summed E-state index contributed by atoms with van der Waals surface area (Å²) in [7, 11) is 2.34. The highest BCUT2D eigenvalue weighted by atomic mass is 16.7. The molecule has 0 radical (unpaired) electrons. The van der Waals surface area contributed by atoms with Crippen molar-refractivity contribution in [3.05, 3.63) is 88.1 Å². The zero-order valence-corrected chi connectivity index (χ0v) is 20.4. The molecular formula is C27H26N2O7. The van der Waals surface area contributed by atoms with Gasteiger partial charge in [0.25, 0.3) is 0 Å². The highest BCUT2D eigenvalue weighted by molar-refractivity contribution is 5.66. The predicted octanol–water partition coefficient (Wildman–Crippen LogP) is 5.22. The molecule has 0 bridgehead atoms. The first kappa shape index (κ1) is 24.7. The van der Waals surface area contributed by atoms with Crippen LogP contribution < -0.4 is 10.1 Å². The summed E-state index contributed by atoms with van der Waals surface area (Å²) in [4.78, 5) is 24.3. The summed E-state index contributed by atoms with van der Waals surface area (Å²) >= 11 is 0. The van der Waals surface area contributed by atoms with E-state index in [1.165, 1.54) is 7.11 Å². The Morgan fingerprint density at radius 3 is 2.31 bits per heavy atom. The highest BCUT2D eigenvalue weighted by Crippen LogP contribution is 2.48. The van der Waals surface area contributed by atoms with E-state index in [-0.39, 0.29) is 29.2 Å². The molecule has 0 saturated heterocycles. The van der Waals surface area contributed by atoms with Crippen molar-refractivity contribution in [1.29, 1.82) is 5.26 Å². The van der Waals surface area contributed by atoms with E-state index in [9.17, 15) is 14.9 Å². The zero-order chi connectivity index (χ0) is 25.8. The topological polar surface area (TPSA) is 116 Å². The molecule has 0 spiro atoms. The Bertz CT molecular complexity index is 1280. The number of allylic oxidation sites excluding steroid dienone is 2. The fourth-order valence-electron chi connectivity index (χ4n) is 4.54. The predicted molar refractivity (Wildman–Crippen MR) is 127 cm³/mol. The number of ether oxygens (including phenoxy) is 5. The number of carbonyl (C=O) groups is 2. The van der Waals surface area contributed by atoms with E-state index < -0.39 is 18.2 Å². The van der Waals surface area contributed by atoms with Crippen molar-refractivity contribution >= 4 is 12.3 Å². The van der Waals surface area contributed by atoms with Gasteiger partial charge in [-0.25, -0.2) is 9.59 Å². The molecule has 3 atom stereocenters. The number of nitrogens with one attached hydrogen (secondary N) is 1. The van der Waals surface area contributed by atoms with Gasteiger partial charge >= 0.3 is 12.3 Å². The smallest absolute Gasteiger partial charge is 0.485 e. The van der Waals surface area contributed by atoms with Crippen LogP contribution in [0.1, 0.15) is 42.6 Å². The Kier molecular flexibility index (Phi) is 7.15. The van der Waals surface area contributed by atoms with Gasteiger partial charge < -0.3 is 29.0 Å². The Labute approximate surface area is 208 Å². The van der Waals surface area contributed by atoms with Gasteiger partial charge in [0.05, 0.1) is 19.9 Å². The molecule has 2 aliphatic rings. The lowest BCUT2D eigenvalue weighted by Gasteiger charge is -2.36. The SMILES string of the molecule is COC(=O)OC1=C(C)NC(C#N)=C(OC(=O)OC)C1c1cccc2c1OC(c1ccccc1)C(C)C2. The van der Waals surface area contributed by atoms with Gasteiger partial charge in [0, 0.05) is 11.5 Å². The minimum absolute atomic E-state index is 0.0264. The summed E-state index contributed by atoms with van der Waals surface area (Å²) in [6, 6.07) is 17.5. The molecule has 2 aromatic rings. The van der Waals surface area contributed by atoms with Crippen molar-refractivity contribution in [1.82, 2.24) is 5.32 Å². The van der Waals surface area contributed by atoms with Gasteiger partial charge in [0.1, 0.15) is 29.6 Å². The quantitative estimate of drug-likeness (QED) is 0.576. The van der Waals surface area contributed by atoms with Gasteiger partial charge in [0.15, 0.2) is 11.5 Å². The molecular weight excluding hydrogens is 464 g/mol. The number of fused-ring (bicyclic) bond motifs is 1. The van der Waals surface area contributed by atoms with Crippen LogP contribution in [0.3, 0.4) is 0 Å². The van der Waals surface area contributed by atoms with Crippen molar-refractivity contribution in [2.24, 2.45) is 5.92 Å². The van der Waals surface area contributed by atoms with Gasteiger partial charge in [-0.2, -0.15) is 5.26 Å². The number of carbonyl (C=O) groups excluding carboxylic acids is 2. The van der Waals surface area contributed by atoms with E-state index in [0.29, 0.717) is 17.0 Å². The molecule has 0 saturated carbocycles. The molecule has 1 N–H and O–H groups in total. The van der Waals surface area contributed by atoms with Gasteiger partial charge in [-0.15, -0.1) is 0 Å². The number of para-hydroxylation sites is 1. The molecule has 0 aliphatic carbocycles. The van der Waals surface area contributed by atoms with E-state index in [1.807, 2.05) is 48.5 Å². The number of nitriles is 1. The van der Waals surface area contributed by atoms with Crippen molar-refractivity contribution in [2.45, 2.75) is 32.3 Å². The third kappa shape index (κ3) is 4.70. The van der Waals surface area contributed by atoms with Crippen LogP contribution in [0.15, 0.2) is 71.4 Å². The second-order valence-electron chi connectivity index (χ2n) is 8.48. The first-order valence-electron chi connectivity index (χ1n) is 11.3. The number of hydrogen-bond donors (Lipinski definition) is 1. The molecule has 2 aliphatic heterocycles. The van der Waals surface area contributed by atoms with E-state index in [4.69, 9.17) is 18.9 Å². The van der Waals surface area contributed by atoms with E-state index in [2.05, 4.69) is 17.0 Å². The summed E-state index contributed by atoms with van der Waals surface area (Å²) in [5.74, 6) is -0.202. The maximum Gasteiger partial charge on any atom is 0.513 e. The van der Waals surface area contributed by atoms with Crippen LogP contribution in [-0.2, 0) is 25.4 Å². The normalized spacial score (nSPS) is 20.8. The van der Waals surface area contributed by atoms with Crippen LogP contribution in [-0.4, -0.2) is 26.5 Å². The standard InChI is InChI=1S/C27H26N2O7/c1-15-13-18-11-8-12-19(24(18)34-22(15)17-9-6-5-7-10-17)21-23(35-26(30)32-3)16(2)29-20(14-28)25(21)36-27(31)33-4/h5-12,15,21-22,29H,13H2,1-4H3. The molecule has 36 heavy (non-hydrogen) atoms. The van der Waals surface area contributed by atoms with Crippen LogP contribution in [0, 0.1) is 17.2 Å². The molecule has 0 fully saturated rings. The third-order valence-electron chi connectivity index (χ3n) is 6.15. The van der Waals surface area contributed by atoms with Crippen molar-refractivity contribution in [3.63, 3.8) is 0 Å². The number of hydrogen-bond acceptors (Lipinski definition) is 9. The van der Waals surface area contributed by atoms with Gasteiger partial charge in [-0.05, 0) is 24.5 Å². The van der Waals surface area contributed by atoms with Gasteiger partial charge in [-0.1, -0.05) is 55.5 Å². The Morgan fingerprint density at radius 2 is 1.67 bits per heavy atom. The summed E-state index contributed by atoms with van der Waals surface area (Å²) in [5.41, 5.74) is 2.87. The maximum atomic E-state index is 12.2. The number of nitrogens with zero attached hydrogens (tertiary/aromatic N) is 1. The van der Waals surface area contributed by atoms with Gasteiger partial charge in [0.2, 0.25) is 0 Å². The van der Waals surface area contributed by atoms with Crippen LogP contribution in [0.5, 0.6) is 5.75 Å². The Morgan fingerprint density at radius 1 is 1.00 bits per heavy atom. The van der Waals surface area contributed by atoms with Crippen molar-refractivity contribution in [3.8, 4) is 11.8 Å². The lowest BCUT2D eigenvalue weighted by molar-refractivity contribution is 0.0775. The monoisotopic (exact) mass is 490 g/mol. The molecule has 2 heterocycles. The fourth-order valence-corrected chi connectivity index (χ4v) is 4.54. The van der Waals surface area contributed by atoms with Crippen LogP contribution in [0.4, 0.5) is 9.59 Å². The molecule has 0 amide bonds. The van der Waals surface area contributed by atoms with Crippen LogP contribution in [0.25, 0.3) is 0 Å². The molecule has 9 heteroatoms. The first-order valence-corrected chi connectivity index (χ1v) is 11.3. The molecule has 3 unspecified atom stereocenters. The lowest BCUT2D eigenvalue weighted by Crippen LogP contribution is -2.31. The first-order chi connectivity index (χ1) is 17.4. The fraction of sp³-hybridized carbons (Fsp3) is 0.296. The van der Waals surface area contributed by atoms with Gasteiger partial charge in [-0.3, -0.25) is 0 Å². The van der Waals surface area contributed by atoms with Crippen LogP contribution in [0.2, 0.25) is 0 Å². The minimum Gasteiger partial charge on any atom is -0.485 e. The molecule has 9 nitrogen and oxygen atoms in total. The molecule has 0 aromatic heterocycles. The zero-order valence-electron chi connectivity index (χ0n) is 20.4. The second kappa shape index (κ2) is 10.4.